The third-order valence-electron chi connectivity index (χ3n) is 1.69. The van der Waals surface area contributed by atoms with Crippen LogP contribution in [0.5, 0.6) is 0 Å². The topological polar surface area (TPSA) is 70.8 Å². The molecule has 0 aliphatic heterocycles. The highest BCUT2D eigenvalue weighted by molar-refractivity contribution is 7.59. The standard InChI is InChI=1S/C10H24NO4P/c1-4-13-10(14-5-2)16(12,15-6-3)9-7-8-11/h10H,4-9,11H2,1-3H3/i7T,9T. The van der Waals surface area contributed by atoms with E-state index in [2.05, 4.69) is 0 Å². The zero-order chi connectivity index (χ0) is 14.2. The molecule has 0 aliphatic carbocycles. The van der Waals surface area contributed by atoms with E-state index in [-0.39, 0.29) is 13.2 Å². The number of hydrogen-bond acceptors (Lipinski definition) is 5. The molecular weight excluding hydrogens is 229 g/mol. The first-order valence-corrected chi connectivity index (χ1v) is 7.25. The summed E-state index contributed by atoms with van der Waals surface area (Å²) in [7, 11) is -3.57. The molecule has 0 aromatic heterocycles. The Hall–Kier alpha value is 0.0700. The van der Waals surface area contributed by atoms with E-state index in [1.807, 2.05) is 0 Å². The summed E-state index contributed by atoms with van der Waals surface area (Å²) in [6.45, 7) is 5.84. The highest BCUT2D eigenvalue weighted by Crippen LogP contribution is 2.53. The van der Waals surface area contributed by atoms with Gasteiger partial charge in [-0.2, -0.15) is 0 Å². The van der Waals surface area contributed by atoms with Crippen molar-refractivity contribution in [1.82, 2.24) is 0 Å². The highest BCUT2D eigenvalue weighted by atomic mass is 31.2. The molecule has 0 aliphatic rings. The van der Waals surface area contributed by atoms with E-state index in [9.17, 15) is 4.57 Å². The lowest BCUT2D eigenvalue weighted by atomic mass is 10.5. The average Bonchev–Trinajstić information content (AvgIpc) is 2.36. The lowest BCUT2D eigenvalue weighted by Gasteiger charge is -2.26. The van der Waals surface area contributed by atoms with Crippen LogP contribution in [0.25, 0.3) is 0 Å². The molecule has 0 rings (SSSR count). The molecule has 0 aromatic carbocycles. The zero-order valence-electron chi connectivity index (χ0n) is 12.2. The maximum absolute atomic E-state index is 12.8. The molecule has 0 saturated carbocycles. The second kappa shape index (κ2) is 9.14. The van der Waals surface area contributed by atoms with Crippen molar-refractivity contribution in [2.24, 2.45) is 5.73 Å². The Balaban J connectivity index is 5.11. The number of nitrogens with two attached hydrogens (primary N) is 1. The Morgan fingerprint density at radius 1 is 1.25 bits per heavy atom. The lowest BCUT2D eigenvalue weighted by molar-refractivity contribution is -0.0888. The molecule has 3 unspecified atom stereocenters. The van der Waals surface area contributed by atoms with Gasteiger partial charge in [-0.1, -0.05) is 0 Å². The van der Waals surface area contributed by atoms with Crippen molar-refractivity contribution in [3.05, 3.63) is 0 Å². The second-order valence-corrected chi connectivity index (χ2v) is 5.17. The molecule has 0 radical (unpaired) electrons. The van der Waals surface area contributed by atoms with E-state index in [1.54, 1.807) is 20.8 Å². The monoisotopic (exact) mass is 257 g/mol. The molecule has 0 bridgehead atoms. The average molecular weight is 257 g/mol. The largest absolute Gasteiger partial charge is 0.345 e. The van der Waals surface area contributed by atoms with Crippen LogP contribution in [0.3, 0.4) is 0 Å². The normalized spacial score (nSPS) is 21.1. The molecule has 0 spiro atoms. The Labute approximate surface area is 101 Å². The summed E-state index contributed by atoms with van der Waals surface area (Å²) < 4.78 is 44.1. The second-order valence-electron chi connectivity index (χ2n) is 2.90. The molecule has 6 heteroatoms. The van der Waals surface area contributed by atoms with Crippen LogP contribution < -0.4 is 5.73 Å². The smallest absolute Gasteiger partial charge is 0.257 e. The summed E-state index contributed by atoms with van der Waals surface area (Å²) in [5, 5.41) is 0. The van der Waals surface area contributed by atoms with Gasteiger partial charge in [0.25, 0.3) is 7.37 Å². The lowest BCUT2D eigenvalue weighted by Crippen LogP contribution is -2.22. The van der Waals surface area contributed by atoms with Gasteiger partial charge in [-0.05, 0) is 33.7 Å². The molecule has 0 fully saturated rings. The quantitative estimate of drug-likeness (QED) is 0.479. The minimum atomic E-state index is -3.57. The van der Waals surface area contributed by atoms with Crippen molar-refractivity contribution in [1.29, 1.82) is 0 Å². The van der Waals surface area contributed by atoms with Gasteiger partial charge in [0.1, 0.15) is 0 Å². The SMILES string of the molecule is [3H]C(CN)C([3H])P(=O)(OCC)C(OCC)OCC. The first-order valence-electron chi connectivity index (χ1n) is 6.64. The molecule has 0 saturated heterocycles. The molecule has 0 amide bonds. The fourth-order valence-corrected chi connectivity index (χ4v) is 3.01. The van der Waals surface area contributed by atoms with Crippen molar-refractivity contribution < 1.29 is 21.3 Å². The molecule has 3 atom stereocenters. The molecule has 16 heavy (non-hydrogen) atoms. The maximum Gasteiger partial charge on any atom is 0.257 e. The van der Waals surface area contributed by atoms with E-state index in [4.69, 9.17) is 22.5 Å². The van der Waals surface area contributed by atoms with Gasteiger partial charge in [0.15, 0.2) is 0 Å². The summed E-state index contributed by atoms with van der Waals surface area (Å²) in [5.74, 6) is 0. The van der Waals surface area contributed by atoms with Crippen molar-refractivity contribution in [2.75, 3.05) is 32.5 Å². The van der Waals surface area contributed by atoms with Crippen molar-refractivity contribution in [3.63, 3.8) is 0 Å². The fraction of sp³-hybridized carbons (Fsp3) is 1.00. The Bertz CT molecular complexity index is 264. The van der Waals surface area contributed by atoms with E-state index in [0.29, 0.717) is 13.2 Å². The summed E-state index contributed by atoms with van der Waals surface area (Å²) in [4.78, 5) is 0. The highest BCUT2D eigenvalue weighted by Gasteiger charge is 2.34. The number of hydrogen-bond donors (Lipinski definition) is 1. The van der Waals surface area contributed by atoms with Crippen molar-refractivity contribution in [2.45, 2.75) is 33.2 Å². The minimum absolute atomic E-state index is 0.0593. The van der Waals surface area contributed by atoms with Crippen LogP contribution in [0.1, 0.15) is 29.9 Å². The Morgan fingerprint density at radius 3 is 2.19 bits per heavy atom. The van der Waals surface area contributed by atoms with Crippen molar-refractivity contribution >= 4 is 7.37 Å². The third-order valence-corrected chi connectivity index (χ3v) is 3.87. The summed E-state index contributed by atoms with van der Waals surface area (Å²) in [6.07, 6.45) is -2.27. The van der Waals surface area contributed by atoms with Crippen LogP contribution in [0.2, 0.25) is 0 Å². The summed E-state index contributed by atoms with van der Waals surface area (Å²) in [5.41, 5.74) is 5.35. The first kappa shape index (κ1) is 12.5. The zero-order valence-corrected chi connectivity index (χ0v) is 11.1. The van der Waals surface area contributed by atoms with Gasteiger partial charge in [-0.25, -0.2) is 0 Å². The van der Waals surface area contributed by atoms with E-state index in [1.165, 1.54) is 0 Å². The Kier molecular flexibility index (Phi) is 7.15. The fourth-order valence-electron chi connectivity index (χ4n) is 1.12. The van der Waals surface area contributed by atoms with Gasteiger partial charge in [-0.3, -0.25) is 4.57 Å². The van der Waals surface area contributed by atoms with E-state index < -0.39 is 25.9 Å². The van der Waals surface area contributed by atoms with Crippen LogP contribution in [-0.2, 0) is 18.6 Å². The predicted molar refractivity (Wildman–Crippen MR) is 64.8 cm³/mol. The number of ether oxygens (including phenoxy) is 2. The van der Waals surface area contributed by atoms with Crippen LogP contribution in [0, 0.1) is 0 Å². The third kappa shape index (κ3) is 5.41. The van der Waals surface area contributed by atoms with Gasteiger partial charge < -0.3 is 19.7 Å². The van der Waals surface area contributed by atoms with Gasteiger partial charge >= 0.3 is 0 Å². The van der Waals surface area contributed by atoms with Crippen LogP contribution in [0.4, 0.5) is 0 Å². The van der Waals surface area contributed by atoms with Crippen LogP contribution in [0.15, 0.2) is 0 Å². The molecule has 0 aromatic rings. The van der Waals surface area contributed by atoms with Gasteiger partial charge in [0, 0.05) is 22.1 Å². The molecule has 5 nitrogen and oxygen atoms in total. The van der Waals surface area contributed by atoms with E-state index in [0.717, 1.165) is 0 Å². The van der Waals surface area contributed by atoms with Gasteiger partial charge in [0.05, 0.1) is 6.61 Å². The van der Waals surface area contributed by atoms with E-state index >= 15 is 0 Å². The molecule has 98 valence electrons. The predicted octanol–water partition coefficient (Wildman–Crippen LogP) is 2.01. The molecule has 2 N–H and O–H groups in total. The van der Waals surface area contributed by atoms with Crippen LogP contribution in [-0.4, -0.2) is 38.5 Å². The van der Waals surface area contributed by atoms with Gasteiger partial charge in [-0.15, -0.1) is 0 Å². The molecular formula is C10H24NO4P. The summed E-state index contributed by atoms with van der Waals surface area (Å²) in [6, 6.07) is -1.10. The Morgan fingerprint density at radius 2 is 1.81 bits per heavy atom. The number of rotatable bonds is 10. The molecule has 0 heterocycles. The van der Waals surface area contributed by atoms with Gasteiger partial charge in [0.2, 0.25) is 6.03 Å². The minimum Gasteiger partial charge on any atom is -0.345 e. The first-order chi connectivity index (χ1) is 8.47. The van der Waals surface area contributed by atoms with Crippen LogP contribution >= 0.6 is 7.37 Å². The maximum atomic E-state index is 12.8. The van der Waals surface area contributed by atoms with Crippen molar-refractivity contribution in [3.8, 4) is 0 Å². The summed E-state index contributed by atoms with van der Waals surface area (Å²) >= 11 is 0.